The van der Waals surface area contributed by atoms with E-state index in [1.807, 2.05) is 6.07 Å². The number of nitrogens with one attached hydrogen (secondary N) is 1. The van der Waals surface area contributed by atoms with E-state index >= 15 is 0 Å². The van der Waals surface area contributed by atoms with E-state index in [1.54, 1.807) is 0 Å². The van der Waals surface area contributed by atoms with Crippen molar-refractivity contribution < 1.29 is 4.42 Å². The molecule has 3 heteroatoms. The first-order valence-electron chi connectivity index (χ1n) is 7.70. The zero-order chi connectivity index (χ0) is 13.9. The average Bonchev–Trinajstić information content (AvgIpc) is 3.07. The molecule has 0 bridgehead atoms. The molecule has 20 heavy (non-hydrogen) atoms. The molecule has 1 aliphatic rings. The van der Waals surface area contributed by atoms with Crippen LogP contribution in [0.1, 0.15) is 31.1 Å². The maximum absolute atomic E-state index is 5.87. The molecule has 108 valence electrons. The molecule has 1 aromatic carbocycles. The van der Waals surface area contributed by atoms with Gasteiger partial charge < -0.3 is 9.73 Å². The minimum atomic E-state index is 0.661. The Balaban J connectivity index is 1.78. The van der Waals surface area contributed by atoms with Gasteiger partial charge in [0, 0.05) is 30.1 Å². The topological polar surface area (TPSA) is 28.4 Å². The standard InChI is InChI=1S/C17H24N2O/c1-3-19(11-14-7-6-10-18-14)12-16-13(2)20-17-9-5-4-8-15(16)17/h4-5,8-9,14,18H,3,6-7,10-12H2,1-2H3. The first-order chi connectivity index (χ1) is 9.78. The summed E-state index contributed by atoms with van der Waals surface area (Å²) in [6.45, 7) is 8.70. The minimum absolute atomic E-state index is 0.661. The molecule has 0 aliphatic carbocycles. The van der Waals surface area contributed by atoms with Crippen LogP contribution in [-0.4, -0.2) is 30.6 Å². The Labute approximate surface area is 120 Å². The lowest BCUT2D eigenvalue weighted by Gasteiger charge is -2.24. The second kappa shape index (κ2) is 5.98. The summed E-state index contributed by atoms with van der Waals surface area (Å²) in [5, 5.41) is 4.85. The maximum Gasteiger partial charge on any atom is 0.134 e. The fraction of sp³-hybridized carbons (Fsp3) is 0.529. The molecule has 1 unspecified atom stereocenters. The first kappa shape index (κ1) is 13.7. The SMILES string of the molecule is CCN(Cc1c(C)oc2ccccc12)CC1CCCN1. The van der Waals surface area contributed by atoms with E-state index in [-0.39, 0.29) is 0 Å². The number of fused-ring (bicyclic) bond motifs is 1. The molecular formula is C17H24N2O. The molecule has 0 radical (unpaired) electrons. The van der Waals surface area contributed by atoms with Gasteiger partial charge in [-0.2, -0.15) is 0 Å². The molecule has 0 amide bonds. The molecule has 1 atom stereocenters. The Kier molecular flexibility index (Phi) is 4.08. The van der Waals surface area contributed by atoms with Crippen LogP contribution in [0, 0.1) is 6.92 Å². The van der Waals surface area contributed by atoms with Crippen molar-refractivity contribution in [2.45, 2.75) is 39.3 Å². The van der Waals surface area contributed by atoms with E-state index in [1.165, 1.54) is 30.3 Å². The number of para-hydroxylation sites is 1. The largest absolute Gasteiger partial charge is 0.461 e. The van der Waals surface area contributed by atoms with Gasteiger partial charge in [-0.1, -0.05) is 25.1 Å². The number of aryl methyl sites for hydroxylation is 1. The molecule has 2 heterocycles. The van der Waals surface area contributed by atoms with Crippen molar-refractivity contribution in [3.05, 3.63) is 35.6 Å². The summed E-state index contributed by atoms with van der Waals surface area (Å²) >= 11 is 0. The smallest absolute Gasteiger partial charge is 0.134 e. The van der Waals surface area contributed by atoms with Crippen molar-refractivity contribution in [3.8, 4) is 0 Å². The molecule has 1 fully saturated rings. The van der Waals surface area contributed by atoms with E-state index in [2.05, 4.69) is 42.3 Å². The van der Waals surface area contributed by atoms with Gasteiger partial charge in [0.05, 0.1) is 0 Å². The van der Waals surface area contributed by atoms with Crippen LogP contribution >= 0.6 is 0 Å². The van der Waals surface area contributed by atoms with E-state index in [9.17, 15) is 0 Å². The molecule has 0 spiro atoms. The molecule has 1 aliphatic heterocycles. The third kappa shape index (κ3) is 2.74. The van der Waals surface area contributed by atoms with Crippen molar-refractivity contribution in [3.63, 3.8) is 0 Å². The summed E-state index contributed by atoms with van der Waals surface area (Å²) in [4.78, 5) is 2.52. The fourth-order valence-corrected chi connectivity index (χ4v) is 3.17. The van der Waals surface area contributed by atoms with Gasteiger partial charge in [0.25, 0.3) is 0 Å². The lowest BCUT2D eigenvalue weighted by atomic mass is 10.1. The van der Waals surface area contributed by atoms with Gasteiger partial charge in [-0.15, -0.1) is 0 Å². The van der Waals surface area contributed by atoms with Crippen LogP contribution in [0.5, 0.6) is 0 Å². The van der Waals surface area contributed by atoms with Crippen LogP contribution in [0.4, 0.5) is 0 Å². The van der Waals surface area contributed by atoms with Crippen LogP contribution in [0.2, 0.25) is 0 Å². The normalized spacial score (nSPS) is 19.2. The van der Waals surface area contributed by atoms with Crippen molar-refractivity contribution in [2.24, 2.45) is 0 Å². The Hall–Kier alpha value is -1.32. The lowest BCUT2D eigenvalue weighted by Crippen LogP contribution is -2.37. The molecule has 2 aromatic rings. The van der Waals surface area contributed by atoms with Crippen molar-refractivity contribution in [1.82, 2.24) is 10.2 Å². The number of benzene rings is 1. The quantitative estimate of drug-likeness (QED) is 0.905. The van der Waals surface area contributed by atoms with Crippen LogP contribution in [0.3, 0.4) is 0 Å². The minimum Gasteiger partial charge on any atom is -0.461 e. The number of nitrogens with zero attached hydrogens (tertiary/aromatic N) is 1. The molecule has 1 saturated heterocycles. The van der Waals surface area contributed by atoms with E-state index in [0.717, 1.165) is 31.0 Å². The summed E-state index contributed by atoms with van der Waals surface area (Å²) in [7, 11) is 0. The Bertz CT molecular complexity index is 569. The predicted molar refractivity (Wildman–Crippen MR) is 82.9 cm³/mol. The summed E-state index contributed by atoms with van der Waals surface area (Å²) in [6.07, 6.45) is 2.62. The number of furan rings is 1. The van der Waals surface area contributed by atoms with Gasteiger partial charge >= 0.3 is 0 Å². The Morgan fingerprint density at radius 2 is 2.20 bits per heavy atom. The van der Waals surface area contributed by atoms with Gasteiger partial charge in [0.15, 0.2) is 0 Å². The molecule has 3 nitrogen and oxygen atoms in total. The monoisotopic (exact) mass is 272 g/mol. The predicted octanol–water partition coefficient (Wildman–Crippen LogP) is 3.32. The first-order valence-corrected chi connectivity index (χ1v) is 7.70. The van der Waals surface area contributed by atoms with Crippen molar-refractivity contribution in [2.75, 3.05) is 19.6 Å². The second-order valence-corrected chi connectivity index (χ2v) is 5.75. The van der Waals surface area contributed by atoms with Gasteiger partial charge in [-0.3, -0.25) is 4.90 Å². The summed E-state index contributed by atoms with van der Waals surface area (Å²) in [5.41, 5.74) is 2.36. The molecular weight excluding hydrogens is 248 g/mol. The molecule has 1 aromatic heterocycles. The van der Waals surface area contributed by atoms with Gasteiger partial charge in [0.2, 0.25) is 0 Å². The Morgan fingerprint density at radius 1 is 1.35 bits per heavy atom. The average molecular weight is 272 g/mol. The fourth-order valence-electron chi connectivity index (χ4n) is 3.17. The third-order valence-electron chi connectivity index (χ3n) is 4.37. The number of likely N-dealkylation sites (N-methyl/N-ethyl adjacent to an activating group) is 1. The highest BCUT2D eigenvalue weighted by atomic mass is 16.3. The van der Waals surface area contributed by atoms with Crippen LogP contribution in [0.15, 0.2) is 28.7 Å². The van der Waals surface area contributed by atoms with Crippen molar-refractivity contribution in [1.29, 1.82) is 0 Å². The van der Waals surface area contributed by atoms with Gasteiger partial charge in [0.1, 0.15) is 11.3 Å². The highest BCUT2D eigenvalue weighted by molar-refractivity contribution is 5.82. The molecule has 1 N–H and O–H groups in total. The third-order valence-corrected chi connectivity index (χ3v) is 4.37. The zero-order valence-corrected chi connectivity index (χ0v) is 12.5. The van der Waals surface area contributed by atoms with Crippen LogP contribution in [0.25, 0.3) is 11.0 Å². The maximum atomic E-state index is 5.87. The van der Waals surface area contributed by atoms with Gasteiger partial charge in [-0.25, -0.2) is 0 Å². The molecule has 0 saturated carbocycles. The summed E-state index contributed by atoms with van der Waals surface area (Å²) < 4.78 is 5.87. The van der Waals surface area contributed by atoms with E-state index < -0.39 is 0 Å². The van der Waals surface area contributed by atoms with Crippen LogP contribution < -0.4 is 5.32 Å². The number of rotatable bonds is 5. The van der Waals surface area contributed by atoms with E-state index in [0.29, 0.717) is 6.04 Å². The highest BCUT2D eigenvalue weighted by Gasteiger charge is 2.19. The van der Waals surface area contributed by atoms with E-state index in [4.69, 9.17) is 4.42 Å². The Morgan fingerprint density at radius 3 is 2.95 bits per heavy atom. The second-order valence-electron chi connectivity index (χ2n) is 5.75. The number of hydrogen-bond donors (Lipinski definition) is 1. The van der Waals surface area contributed by atoms with Gasteiger partial charge in [-0.05, 0) is 38.9 Å². The van der Waals surface area contributed by atoms with Crippen LogP contribution in [-0.2, 0) is 6.54 Å². The van der Waals surface area contributed by atoms with Crippen molar-refractivity contribution >= 4 is 11.0 Å². The number of hydrogen-bond acceptors (Lipinski definition) is 3. The highest BCUT2D eigenvalue weighted by Crippen LogP contribution is 2.26. The lowest BCUT2D eigenvalue weighted by molar-refractivity contribution is 0.252. The summed E-state index contributed by atoms with van der Waals surface area (Å²) in [5.74, 6) is 1.06. The summed E-state index contributed by atoms with van der Waals surface area (Å²) in [6, 6.07) is 9.02. The molecule has 3 rings (SSSR count). The zero-order valence-electron chi connectivity index (χ0n) is 12.5.